The second-order valence-corrected chi connectivity index (χ2v) is 6.86. The highest BCUT2D eigenvalue weighted by atomic mass is 32.2. The first-order chi connectivity index (χ1) is 9.05. The van der Waals surface area contributed by atoms with E-state index in [0.29, 0.717) is 6.42 Å². The van der Waals surface area contributed by atoms with E-state index in [4.69, 9.17) is 0 Å². The maximum atomic E-state index is 12.7. The highest BCUT2D eigenvalue weighted by Crippen LogP contribution is 2.46. The molecule has 0 radical (unpaired) electrons. The molecule has 2 aliphatic rings. The fraction of sp³-hybridized carbons (Fsp3) is 0.857. The van der Waals surface area contributed by atoms with Crippen molar-refractivity contribution in [2.24, 2.45) is 5.41 Å². The molecule has 2 rings (SSSR count). The number of rotatable bonds is 4. The topological polar surface area (TPSA) is 57.6 Å². The van der Waals surface area contributed by atoms with Crippen LogP contribution in [0.25, 0.3) is 0 Å². The van der Waals surface area contributed by atoms with Crippen molar-refractivity contribution < 1.29 is 14.7 Å². The van der Waals surface area contributed by atoms with Gasteiger partial charge in [0.15, 0.2) is 0 Å². The monoisotopic (exact) mass is 285 g/mol. The summed E-state index contributed by atoms with van der Waals surface area (Å²) in [5, 5.41) is 9.27. The van der Waals surface area contributed by atoms with Gasteiger partial charge in [0.2, 0.25) is 11.8 Å². The zero-order chi connectivity index (χ0) is 14.0. The number of aliphatic hydroxyl groups excluding tert-OH is 1. The largest absolute Gasteiger partial charge is 0.395 e. The van der Waals surface area contributed by atoms with E-state index in [2.05, 4.69) is 0 Å². The van der Waals surface area contributed by atoms with Gasteiger partial charge >= 0.3 is 0 Å². The van der Waals surface area contributed by atoms with E-state index in [1.165, 1.54) is 23.1 Å². The third-order valence-corrected chi connectivity index (χ3v) is 5.82. The zero-order valence-corrected chi connectivity index (χ0v) is 12.5. The molecule has 2 unspecified atom stereocenters. The molecule has 1 aliphatic heterocycles. The third kappa shape index (κ3) is 2.55. The number of nitrogens with zero attached hydrogens (tertiary/aromatic N) is 1. The van der Waals surface area contributed by atoms with E-state index in [1.54, 1.807) is 0 Å². The van der Waals surface area contributed by atoms with Gasteiger partial charge in [-0.15, -0.1) is 0 Å². The van der Waals surface area contributed by atoms with Gasteiger partial charge in [-0.1, -0.05) is 19.3 Å². The van der Waals surface area contributed by atoms with Crippen molar-refractivity contribution in [3.05, 3.63) is 0 Å². The summed E-state index contributed by atoms with van der Waals surface area (Å²) in [4.78, 5) is 26.4. The predicted octanol–water partition coefficient (Wildman–Crippen LogP) is 1.81. The molecule has 2 amide bonds. The summed E-state index contributed by atoms with van der Waals surface area (Å²) in [5.74, 6) is -0.0379. The van der Waals surface area contributed by atoms with Crippen LogP contribution in [0.3, 0.4) is 0 Å². The number of amides is 2. The second-order valence-electron chi connectivity index (χ2n) is 5.78. The number of carbonyl (C=O) groups is 2. The van der Waals surface area contributed by atoms with Gasteiger partial charge in [-0.05, 0) is 26.0 Å². The van der Waals surface area contributed by atoms with E-state index in [9.17, 15) is 14.7 Å². The van der Waals surface area contributed by atoms with Crippen LogP contribution < -0.4 is 0 Å². The van der Waals surface area contributed by atoms with Crippen molar-refractivity contribution in [2.45, 2.75) is 56.7 Å². The van der Waals surface area contributed by atoms with Crippen LogP contribution in [0.15, 0.2) is 0 Å². The van der Waals surface area contributed by atoms with Gasteiger partial charge in [-0.25, -0.2) is 0 Å². The predicted molar refractivity (Wildman–Crippen MR) is 75.8 cm³/mol. The SMILES string of the molecule is CSC(CO)C(C)N1C(=O)CC2(CCCCC2)C1=O. The zero-order valence-electron chi connectivity index (χ0n) is 11.7. The van der Waals surface area contributed by atoms with Crippen LogP contribution in [0.1, 0.15) is 45.4 Å². The van der Waals surface area contributed by atoms with E-state index in [1.807, 2.05) is 13.2 Å². The summed E-state index contributed by atoms with van der Waals surface area (Å²) in [5.41, 5.74) is -0.415. The number of aliphatic hydroxyl groups is 1. The summed E-state index contributed by atoms with van der Waals surface area (Å²) in [6, 6.07) is -0.221. The number of carbonyl (C=O) groups excluding carboxylic acids is 2. The average Bonchev–Trinajstić information content (AvgIpc) is 2.63. The minimum Gasteiger partial charge on any atom is -0.395 e. The maximum Gasteiger partial charge on any atom is 0.236 e. The van der Waals surface area contributed by atoms with Gasteiger partial charge in [-0.2, -0.15) is 11.8 Å². The van der Waals surface area contributed by atoms with Crippen molar-refractivity contribution in [3.8, 4) is 0 Å². The molecule has 1 N–H and O–H groups in total. The van der Waals surface area contributed by atoms with Crippen LogP contribution in [0.4, 0.5) is 0 Å². The molecule has 1 heterocycles. The van der Waals surface area contributed by atoms with E-state index >= 15 is 0 Å². The molecule has 2 atom stereocenters. The Hall–Kier alpha value is -0.550. The normalized spacial score (nSPS) is 25.9. The fourth-order valence-corrected chi connectivity index (χ4v) is 4.11. The second kappa shape index (κ2) is 5.83. The van der Waals surface area contributed by atoms with E-state index in [-0.39, 0.29) is 29.7 Å². The Bertz CT molecular complexity index is 362. The Balaban J connectivity index is 2.18. The Morgan fingerprint density at radius 3 is 2.47 bits per heavy atom. The Morgan fingerprint density at radius 1 is 1.32 bits per heavy atom. The molecule has 0 bridgehead atoms. The smallest absolute Gasteiger partial charge is 0.236 e. The summed E-state index contributed by atoms with van der Waals surface area (Å²) in [6.07, 6.45) is 7.25. The summed E-state index contributed by atoms with van der Waals surface area (Å²) < 4.78 is 0. The molecule has 19 heavy (non-hydrogen) atoms. The van der Waals surface area contributed by atoms with Crippen molar-refractivity contribution in [3.63, 3.8) is 0 Å². The average molecular weight is 285 g/mol. The van der Waals surface area contributed by atoms with Crippen LogP contribution >= 0.6 is 11.8 Å². The minimum absolute atomic E-state index is 0.00755. The quantitative estimate of drug-likeness (QED) is 0.800. The van der Waals surface area contributed by atoms with Gasteiger partial charge in [0, 0.05) is 11.7 Å². The molecule has 5 heteroatoms. The highest BCUT2D eigenvalue weighted by molar-refractivity contribution is 7.99. The van der Waals surface area contributed by atoms with E-state index in [0.717, 1.165) is 25.7 Å². The maximum absolute atomic E-state index is 12.7. The van der Waals surface area contributed by atoms with Crippen molar-refractivity contribution in [1.29, 1.82) is 0 Å². The lowest BCUT2D eigenvalue weighted by Gasteiger charge is -2.33. The molecule has 1 saturated carbocycles. The number of hydrogen-bond acceptors (Lipinski definition) is 4. The summed E-state index contributed by atoms with van der Waals surface area (Å²) in [6.45, 7) is 1.86. The lowest BCUT2D eigenvalue weighted by molar-refractivity contribution is -0.144. The molecule has 2 fully saturated rings. The van der Waals surface area contributed by atoms with Crippen LogP contribution in [0.5, 0.6) is 0 Å². The first kappa shape index (κ1) is 14.9. The summed E-state index contributed by atoms with van der Waals surface area (Å²) in [7, 11) is 0. The van der Waals surface area contributed by atoms with Gasteiger partial charge in [0.25, 0.3) is 0 Å². The Kier molecular flexibility index (Phi) is 4.56. The first-order valence-electron chi connectivity index (χ1n) is 7.06. The van der Waals surface area contributed by atoms with Crippen molar-refractivity contribution in [2.75, 3.05) is 12.9 Å². The standard InChI is InChI=1S/C14H23NO3S/c1-10(11(9-16)19-2)15-12(17)8-14(13(15)18)6-4-3-5-7-14/h10-11,16H,3-9H2,1-2H3. The minimum atomic E-state index is -0.415. The highest BCUT2D eigenvalue weighted by Gasteiger charge is 2.53. The third-order valence-electron chi connectivity index (χ3n) is 4.67. The molecule has 0 aromatic carbocycles. The van der Waals surface area contributed by atoms with Gasteiger partial charge in [0.1, 0.15) is 0 Å². The molecular weight excluding hydrogens is 262 g/mol. The molecule has 4 nitrogen and oxygen atoms in total. The molecule has 0 aromatic rings. The lowest BCUT2D eigenvalue weighted by atomic mass is 9.73. The molecule has 1 saturated heterocycles. The molecule has 0 aromatic heterocycles. The number of likely N-dealkylation sites (tertiary alicyclic amines) is 1. The van der Waals surface area contributed by atoms with Crippen LogP contribution in [-0.4, -0.2) is 46.0 Å². The van der Waals surface area contributed by atoms with Crippen LogP contribution in [0.2, 0.25) is 0 Å². The van der Waals surface area contributed by atoms with Crippen molar-refractivity contribution >= 4 is 23.6 Å². The molecule has 1 aliphatic carbocycles. The fourth-order valence-electron chi connectivity index (χ4n) is 3.44. The molecular formula is C14H23NO3S. The van der Waals surface area contributed by atoms with Gasteiger partial charge in [-0.3, -0.25) is 14.5 Å². The van der Waals surface area contributed by atoms with Crippen LogP contribution in [0, 0.1) is 5.41 Å². The number of thioether (sulfide) groups is 1. The van der Waals surface area contributed by atoms with Gasteiger partial charge in [0.05, 0.1) is 18.1 Å². The first-order valence-corrected chi connectivity index (χ1v) is 8.34. The van der Waals surface area contributed by atoms with Crippen LogP contribution in [-0.2, 0) is 9.59 Å². The van der Waals surface area contributed by atoms with E-state index < -0.39 is 5.41 Å². The Morgan fingerprint density at radius 2 is 1.95 bits per heavy atom. The molecule has 108 valence electrons. The van der Waals surface area contributed by atoms with Crippen molar-refractivity contribution in [1.82, 2.24) is 4.90 Å². The molecule has 1 spiro atoms. The number of hydrogen-bond donors (Lipinski definition) is 1. The Labute approximate surface area is 118 Å². The lowest BCUT2D eigenvalue weighted by Crippen LogP contribution is -2.47. The summed E-state index contributed by atoms with van der Waals surface area (Å²) >= 11 is 1.51. The number of imide groups is 1. The van der Waals surface area contributed by atoms with Gasteiger partial charge < -0.3 is 5.11 Å².